The summed E-state index contributed by atoms with van der Waals surface area (Å²) in [7, 11) is 0. The van der Waals surface area contributed by atoms with E-state index >= 15 is 0 Å². The van der Waals surface area contributed by atoms with E-state index in [2.05, 4.69) is 0 Å². The van der Waals surface area contributed by atoms with Crippen LogP contribution in [-0.4, -0.2) is 11.0 Å². The van der Waals surface area contributed by atoms with Crippen molar-refractivity contribution in [2.24, 2.45) is 0 Å². The van der Waals surface area contributed by atoms with Gasteiger partial charge in [-0.3, -0.25) is 4.79 Å². The molecule has 0 spiro atoms. The van der Waals surface area contributed by atoms with Crippen LogP contribution in [-0.2, 0) is 12.0 Å². The van der Waals surface area contributed by atoms with E-state index in [1.807, 2.05) is 20.8 Å². The van der Waals surface area contributed by atoms with Gasteiger partial charge in [0.25, 0.3) is 12.0 Å². The lowest BCUT2D eigenvalue weighted by Gasteiger charge is -2.20. The van der Waals surface area contributed by atoms with Crippen molar-refractivity contribution in [2.75, 3.05) is 0 Å². The third-order valence-corrected chi connectivity index (χ3v) is 2.18. The summed E-state index contributed by atoms with van der Waals surface area (Å²) in [5.41, 5.74) is 0.350. The van der Waals surface area contributed by atoms with Crippen molar-refractivity contribution in [2.45, 2.75) is 39.2 Å². The van der Waals surface area contributed by atoms with Crippen LogP contribution in [0.15, 0.2) is 23.1 Å². The standard InChI is InChI=1S/C11H15F2NO/c1-11(2,3)8-4-5-10(15)14(6-8)7-9(12)13/h4-6,9H,7H2,1-3H3. The Morgan fingerprint density at radius 3 is 2.40 bits per heavy atom. The molecule has 0 aliphatic carbocycles. The van der Waals surface area contributed by atoms with E-state index in [-0.39, 0.29) is 11.0 Å². The second-order valence-corrected chi connectivity index (χ2v) is 4.55. The predicted molar refractivity (Wildman–Crippen MR) is 55.4 cm³/mol. The molecule has 1 heterocycles. The van der Waals surface area contributed by atoms with Crippen LogP contribution in [0.4, 0.5) is 8.78 Å². The third kappa shape index (κ3) is 3.15. The average molecular weight is 215 g/mol. The zero-order valence-electron chi connectivity index (χ0n) is 9.13. The maximum atomic E-state index is 12.2. The smallest absolute Gasteiger partial charge is 0.256 e. The predicted octanol–water partition coefficient (Wildman–Crippen LogP) is 2.41. The summed E-state index contributed by atoms with van der Waals surface area (Å²) in [5, 5.41) is 0. The lowest BCUT2D eigenvalue weighted by Crippen LogP contribution is -2.25. The highest BCUT2D eigenvalue weighted by molar-refractivity contribution is 5.18. The van der Waals surface area contributed by atoms with Crippen molar-refractivity contribution in [3.8, 4) is 0 Å². The van der Waals surface area contributed by atoms with Gasteiger partial charge in [-0.15, -0.1) is 0 Å². The molecule has 0 N–H and O–H groups in total. The second-order valence-electron chi connectivity index (χ2n) is 4.55. The lowest BCUT2D eigenvalue weighted by molar-refractivity contribution is 0.125. The molecule has 0 aromatic carbocycles. The molecule has 2 nitrogen and oxygen atoms in total. The number of pyridine rings is 1. The molecule has 0 saturated heterocycles. The highest BCUT2D eigenvalue weighted by Crippen LogP contribution is 2.20. The van der Waals surface area contributed by atoms with E-state index in [0.29, 0.717) is 0 Å². The minimum atomic E-state index is -2.50. The molecule has 1 aromatic heterocycles. The summed E-state index contributed by atoms with van der Waals surface area (Å²) < 4.78 is 25.4. The molecule has 84 valence electrons. The first-order valence-electron chi connectivity index (χ1n) is 4.80. The molecule has 1 aromatic rings. The molecular weight excluding hydrogens is 200 g/mol. The Hall–Kier alpha value is -1.19. The molecule has 15 heavy (non-hydrogen) atoms. The highest BCUT2D eigenvalue weighted by atomic mass is 19.3. The number of hydrogen-bond acceptors (Lipinski definition) is 1. The monoisotopic (exact) mass is 215 g/mol. The SMILES string of the molecule is CC(C)(C)c1ccc(=O)n(CC(F)F)c1. The van der Waals surface area contributed by atoms with E-state index in [1.165, 1.54) is 12.3 Å². The van der Waals surface area contributed by atoms with Gasteiger partial charge in [-0.2, -0.15) is 0 Å². The summed E-state index contributed by atoms with van der Waals surface area (Å²) in [6, 6.07) is 3.02. The topological polar surface area (TPSA) is 22.0 Å². The van der Waals surface area contributed by atoms with Crippen molar-refractivity contribution in [1.29, 1.82) is 0 Å². The van der Waals surface area contributed by atoms with Crippen LogP contribution < -0.4 is 5.56 Å². The van der Waals surface area contributed by atoms with E-state index in [4.69, 9.17) is 0 Å². The first-order valence-corrected chi connectivity index (χ1v) is 4.80. The van der Waals surface area contributed by atoms with Gasteiger partial charge < -0.3 is 4.57 Å². The van der Waals surface area contributed by atoms with Crippen LogP contribution in [0.2, 0.25) is 0 Å². The molecule has 0 atom stereocenters. The number of hydrogen-bond donors (Lipinski definition) is 0. The Bertz CT molecular complexity index is 390. The molecule has 4 heteroatoms. The first-order chi connectivity index (χ1) is 6.80. The van der Waals surface area contributed by atoms with Crippen molar-refractivity contribution < 1.29 is 8.78 Å². The summed E-state index contributed by atoms with van der Waals surface area (Å²) >= 11 is 0. The fourth-order valence-electron chi connectivity index (χ4n) is 1.27. The number of halogens is 2. The van der Waals surface area contributed by atoms with E-state index in [0.717, 1.165) is 10.1 Å². The first kappa shape index (κ1) is 11.9. The second kappa shape index (κ2) is 4.13. The Morgan fingerprint density at radius 2 is 1.93 bits per heavy atom. The summed E-state index contributed by atoms with van der Waals surface area (Å²) in [5.74, 6) is 0. The number of nitrogens with zero attached hydrogens (tertiary/aromatic N) is 1. The van der Waals surface area contributed by atoms with Crippen LogP contribution in [0, 0.1) is 0 Å². The molecule has 0 aliphatic heterocycles. The van der Waals surface area contributed by atoms with Gasteiger partial charge in [0, 0.05) is 12.3 Å². The van der Waals surface area contributed by atoms with E-state index in [9.17, 15) is 13.6 Å². The minimum absolute atomic E-state index is 0.141. The largest absolute Gasteiger partial charge is 0.310 e. The van der Waals surface area contributed by atoms with Gasteiger partial charge in [-0.05, 0) is 11.0 Å². The molecule has 0 bridgehead atoms. The Kier molecular flexibility index (Phi) is 3.27. The Morgan fingerprint density at radius 1 is 1.33 bits per heavy atom. The van der Waals surface area contributed by atoms with Crippen LogP contribution >= 0.6 is 0 Å². The summed E-state index contributed by atoms with van der Waals surface area (Å²) in [6.07, 6.45) is -0.994. The normalized spacial score (nSPS) is 12.1. The van der Waals surface area contributed by atoms with Crippen LogP contribution in [0.5, 0.6) is 0 Å². The zero-order valence-corrected chi connectivity index (χ0v) is 9.13. The van der Waals surface area contributed by atoms with Crippen molar-refractivity contribution in [3.63, 3.8) is 0 Å². The van der Waals surface area contributed by atoms with Crippen LogP contribution in [0.1, 0.15) is 26.3 Å². The molecule has 1 rings (SSSR count). The average Bonchev–Trinajstić information content (AvgIpc) is 2.06. The van der Waals surface area contributed by atoms with E-state index < -0.39 is 13.0 Å². The molecule has 0 radical (unpaired) electrons. The maximum Gasteiger partial charge on any atom is 0.256 e. The van der Waals surface area contributed by atoms with Gasteiger partial charge in [0.05, 0.1) is 6.54 Å². The molecule has 0 amide bonds. The van der Waals surface area contributed by atoms with Gasteiger partial charge >= 0.3 is 0 Å². The number of aromatic nitrogens is 1. The quantitative estimate of drug-likeness (QED) is 0.742. The highest BCUT2D eigenvalue weighted by Gasteiger charge is 2.15. The van der Waals surface area contributed by atoms with Gasteiger partial charge in [0.1, 0.15) is 0 Å². The van der Waals surface area contributed by atoms with Gasteiger partial charge in [-0.1, -0.05) is 26.8 Å². The van der Waals surface area contributed by atoms with Crippen LogP contribution in [0.3, 0.4) is 0 Å². The third-order valence-electron chi connectivity index (χ3n) is 2.18. The van der Waals surface area contributed by atoms with E-state index in [1.54, 1.807) is 6.07 Å². The van der Waals surface area contributed by atoms with Gasteiger partial charge in [0.15, 0.2) is 0 Å². The van der Waals surface area contributed by atoms with Crippen molar-refractivity contribution in [1.82, 2.24) is 4.57 Å². The fourth-order valence-corrected chi connectivity index (χ4v) is 1.27. The lowest BCUT2D eigenvalue weighted by atomic mass is 9.88. The van der Waals surface area contributed by atoms with Crippen molar-refractivity contribution >= 4 is 0 Å². The summed E-state index contributed by atoms with van der Waals surface area (Å²) in [4.78, 5) is 11.3. The maximum absolute atomic E-state index is 12.2. The Balaban J connectivity index is 3.11. The van der Waals surface area contributed by atoms with Gasteiger partial charge in [-0.25, -0.2) is 8.78 Å². The molecule has 0 aliphatic rings. The Labute approximate surface area is 87.5 Å². The molecule has 0 fully saturated rings. The number of rotatable bonds is 2. The fraction of sp³-hybridized carbons (Fsp3) is 0.545. The molecule has 0 saturated carbocycles. The minimum Gasteiger partial charge on any atom is -0.310 e. The summed E-state index contributed by atoms with van der Waals surface area (Å²) in [6.45, 7) is 5.38. The zero-order chi connectivity index (χ0) is 11.6. The van der Waals surface area contributed by atoms with Crippen molar-refractivity contribution in [3.05, 3.63) is 34.2 Å². The molecule has 0 unspecified atom stereocenters. The molecular formula is C11H15F2NO. The van der Waals surface area contributed by atoms with Gasteiger partial charge in [0.2, 0.25) is 0 Å². The van der Waals surface area contributed by atoms with Crippen LogP contribution in [0.25, 0.3) is 0 Å². The number of alkyl halides is 2.